The number of hydrogen-bond acceptors (Lipinski definition) is 5. The molecule has 0 saturated heterocycles. The number of nitrogens with two attached hydrogens (primary N) is 1. The Kier molecular flexibility index (Phi) is 1.67. The van der Waals surface area contributed by atoms with E-state index in [0.717, 1.165) is 18.2 Å². The van der Waals surface area contributed by atoms with Gasteiger partial charge in [-0.15, -0.1) is 0 Å². The number of aromatic hydroxyl groups is 2. The van der Waals surface area contributed by atoms with Crippen LogP contribution in [0, 0.1) is 0 Å². The van der Waals surface area contributed by atoms with Gasteiger partial charge in [-0.2, -0.15) is 0 Å². The molecular formula is C10H13NO4. The van der Waals surface area contributed by atoms with Crippen molar-refractivity contribution in [2.24, 2.45) is 5.73 Å². The standard InChI is InChI=1S/C10H13NO4/c1-15-10(14)7(11)4-6-2-3-8(12)9(13)5-6/h2-3,5,7,12-13H,4,11H2,1H3/t7-/m0/s1/i1D3,4D2,7D. The average molecular weight is 217 g/mol. The smallest absolute Gasteiger partial charge is 0.322 e. The molecule has 0 amide bonds. The lowest BCUT2D eigenvalue weighted by Gasteiger charge is -2.09. The minimum Gasteiger partial charge on any atom is -0.504 e. The lowest BCUT2D eigenvalue weighted by atomic mass is 10.1. The Hall–Kier alpha value is -1.75. The zero-order chi connectivity index (χ0) is 16.6. The van der Waals surface area contributed by atoms with E-state index in [1.807, 2.05) is 0 Å². The highest BCUT2D eigenvalue weighted by Crippen LogP contribution is 2.25. The molecule has 0 aliphatic carbocycles. The second-order valence-corrected chi connectivity index (χ2v) is 2.63. The Morgan fingerprint density at radius 2 is 2.47 bits per heavy atom. The normalized spacial score (nSPS) is 21.9. The van der Waals surface area contributed by atoms with E-state index < -0.39 is 42.5 Å². The van der Waals surface area contributed by atoms with Gasteiger partial charge in [0, 0.05) is 2.74 Å². The van der Waals surface area contributed by atoms with Gasteiger partial charge in [-0.3, -0.25) is 4.79 Å². The topological polar surface area (TPSA) is 92.8 Å². The Morgan fingerprint density at radius 1 is 1.73 bits per heavy atom. The summed E-state index contributed by atoms with van der Waals surface area (Å²) in [5.41, 5.74) is 4.88. The van der Waals surface area contributed by atoms with E-state index in [1.54, 1.807) is 0 Å². The lowest BCUT2D eigenvalue weighted by molar-refractivity contribution is -0.142. The van der Waals surface area contributed by atoms with Crippen LogP contribution in [-0.2, 0) is 15.9 Å². The highest BCUT2D eigenvalue weighted by Gasteiger charge is 2.14. The molecule has 0 heterocycles. The van der Waals surface area contributed by atoms with Gasteiger partial charge in [0.05, 0.1) is 12.5 Å². The fourth-order valence-corrected chi connectivity index (χ4v) is 0.863. The number of esters is 1. The van der Waals surface area contributed by atoms with Gasteiger partial charge >= 0.3 is 5.97 Å². The summed E-state index contributed by atoms with van der Waals surface area (Å²) in [5, 5.41) is 18.5. The first-order valence-corrected chi connectivity index (χ1v) is 3.84. The van der Waals surface area contributed by atoms with Crippen molar-refractivity contribution in [1.29, 1.82) is 0 Å². The van der Waals surface area contributed by atoms with Crippen LogP contribution in [0.3, 0.4) is 0 Å². The first-order valence-electron chi connectivity index (χ1n) is 6.84. The molecule has 0 saturated carbocycles. The van der Waals surface area contributed by atoms with Crippen LogP contribution in [0.4, 0.5) is 0 Å². The molecular weight excluding hydrogens is 198 g/mol. The molecule has 0 bridgehead atoms. The summed E-state index contributed by atoms with van der Waals surface area (Å²) in [6.45, 7) is 0. The maximum Gasteiger partial charge on any atom is 0.322 e. The van der Waals surface area contributed by atoms with E-state index >= 15 is 0 Å². The van der Waals surface area contributed by atoms with E-state index in [-0.39, 0.29) is 0 Å². The second-order valence-electron chi connectivity index (χ2n) is 2.63. The van der Waals surface area contributed by atoms with Gasteiger partial charge in [-0.05, 0) is 24.1 Å². The van der Waals surface area contributed by atoms with E-state index in [9.17, 15) is 9.90 Å². The number of hydrogen-bond donors (Lipinski definition) is 3. The maximum absolute atomic E-state index is 11.6. The summed E-state index contributed by atoms with van der Waals surface area (Å²) in [7, 11) is -3.17. The van der Waals surface area contributed by atoms with Gasteiger partial charge in [0.25, 0.3) is 0 Å². The molecule has 0 radical (unpaired) electrons. The zero-order valence-electron chi connectivity index (χ0n) is 13.5. The van der Waals surface area contributed by atoms with Gasteiger partial charge in [0.1, 0.15) is 6.02 Å². The Bertz CT molecular complexity index is 557. The Balaban J connectivity index is 3.20. The summed E-state index contributed by atoms with van der Waals surface area (Å²) >= 11 is 0. The van der Waals surface area contributed by atoms with Crippen LogP contribution in [0.5, 0.6) is 11.5 Å². The fourth-order valence-electron chi connectivity index (χ4n) is 0.863. The quantitative estimate of drug-likeness (QED) is 0.494. The summed E-state index contributed by atoms with van der Waals surface area (Å²) in [6, 6.07) is -0.375. The Labute approximate surface area is 95.5 Å². The molecule has 5 nitrogen and oxygen atoms in total. The van der Waals surface area contributed by atoms with Crippen LogP contribution in [0.15, 0.2) is 18.2 Å². The van der Waals surface area contributed by atoms with Crippen molar-refractivity contribution in [2.75, 3.05) is 7.04 Å². The number of benzene rings is 1. The molecule has 0 aliphatic heterocycles. The van der Waals surface area contributed by atoms with Crippen molar-refractivity contribution in [3.63, 3.8) is 0 Å². The van der Waals surface area contributed by atoms with E-state index in [2.05, 4.69) is 4.74 Å². The first kappa shape index (κ1) is 5.37. The van der Waals surface area contributed by atoms with Gasteiger partial charge in [-0.25, -0.2) is 0 Å². The third-order valence-electron chi connectivity index (χ3n) is 1.57. The van der Waals surface area contributed by atoms with Gasteiger partial charge in [-0.1, -0.05) is 6.07 Å². The van der Waals surface area contributed by atoms with Crippen molar-refractivity contribution >= 4 is 5.97 Å². The molecule has 0 fully saturated rings. The second kappa shape index (κ2) is 4.65. The van der Waals surface area contributed by atoms with Crippen molar-refractivity contribution in [3.05, 3.63) is 23.8 Å². The third-order valence-corrected chi connectivity index (χ3v) is 1.57. The minimum absolute atomic E-state index is 0.405. The Morgan fingerprint density at radius 3 is 3.07 bits per heavy atom. The van der Waals surface area contributed by atoms with E-state index in [4.69, 9.17) is 19.1 Å². The van der Waals surface area contributed by atoms with E-state index in [1.165, 1.54) is 0 Å². The van der Waals surface area contributed by atoms with Gasteiger partial charge in [0.2, 0.25) is 0 Å². The number of ether oxygens (including phenoxy) is 1. The molecule has 1 rings (SSSR count). The number of phenolic OH excluding ortho intramolecular Hbond substituents is 2. The number of rotatable bonds is 3. The molecule has 1 atom stereocenters. The van der Waals surface area contributed by atoms with Crippen LogP contribution < -0.4 is 5.73 Å². The maximum atomic E-state index is 11.6. The third kappa shape index (κ3) is 2.85. The molecule has 1 aromatic carbocycles. The van der Waals surface area contributed by atoms with Crippen molar-refractivity contribution in [2.45, 2.75) is 12.4 Å². The van der Waals surface area contributed by atoms with Crippen LogP contribution in [0.2, 0.25) is 0 Å². The van der Waals surface area contributed by atoms with Crippen LogP contribution in [-0.4, -0.2) is 29.2 Å². The summed E-state index contributed by atoms with van der Waals surface area (Å²) in [6.07, 6.45) is -2.89. The summed E-state index contributed by atoms with van der Waals surface area (Å²) in [4.78, 5) is 11.6. The largest absolute Gasteiger partial charge is 0.504 e. The number of phenols is 2. The molecule has 0 aliphatic rings. The molecule has 1 aromatic rings. The zero-order valence-corrected chi connectivity index (χ0v) is 7.52. The molecule has 0 unspecified atom stereocenters. The number of carbonyl (C=O) groups is 1. The number of carbonyl (C=O) groups excluding carboxylic acids is 1. The molecule has 15 heavy (non-hydrogen) atoms. The lowest BCUT2D eigenvalue weighted by Crippen LogP contribution is -2.33. The average Bonchev–Trinajstić information content (AvgIpc) is 2.30. The van der Waals surface area contributed by atoms with Gasteiger partial charge < -0.3 is 20.7 Å². The molecule has 0 spiro atoms. The molecule has 4 N–H and O–H groups in total. The highest BCUT2D eigenvalue weighted by molar-refractivity contribution is 5.75. The first-order chi connectivity index (χ1) is 9.29. The highest BCUT2D eigenvalue weighted by atomic mass is 16.5. The minimum atomic E-state index is -3.17. The van der Waals surface area contributed by atoms with Crippen LogP contribution in [0.25, 0.3) is 0 Å². The SMILES string of the molecule is [2H]C([2H])([2H])OC(=O)[C@@]([2H])(N)C([2H])([2H])c1ccc(O)c(O)c1. The van der Waals surface area contributed by atoms with Crippen molar-refractivity contribution < 1.29 is 28.0 Å². The van der Waals surface area contributed by atoms with Crippen LogP contribution >= 0.6 is 0 Å². The van der Waals surface area contributed by atoms with Crippen LogP contribution in [0.1, 0.15) is 13.8 Å². The monoisotopic (exact) mass is 217 g/mol. The molecule has 0 aromatic heterocycles. The predicted molar refractivity (Wildman–Crippen MR) is 53.5 cm³/mol. The van der Waals surface area contributed by atoms with Gasteiger partial charge in [0.15, 0.2) is 11.5 Å². The fraction of sp³-hybridized carbons (Fsp3) is 0.300. The predicted octanol–water partition coefficient (Wildman–Crippen LogP) is 0.141. The number of methoxy groups -OCH3 is 1. The summed E-state index contributed by atoms with van der Waals surface area (Å²) in [5.74, 6) is -3.01. The van der Waals surface area contributed by atoms with Crippen molar-refractivity contribution in [3.8, 4) is 11.5 Å². The van der Waals surface area contributed by atoms with Crippen molar-refractivity contribution in [1.82, 2.24) is 0 Å². The molecule has 82 valence electrons. The molecule has 5 heteroatoms. The summed E-state index contributed by atoms with van der Waals surface area (Å²) < 4.78 is 47.4. The van der Waals surface area contributed by atoms with E-state index in [0.29, 0.717) is 0 Å².